The van der Waals surface area contributed by atoms with Crippen LogP contribution in [0.4, 0.5) is 0 Å². The Balaban J connectivity index is 1.83. The van der Waals surface area contributed by atoms with E-state index in [2.05, 4.69) is 43.4 Å². The van der Waals surface area contributed by atoms with Crippen LogP contribution in [-0.2, 0) is 4.79 Å². The summed E-state index contributed by atoms with van der Waals surface area (Å²) in [7, 11) is 0. The third-order valence-corrected chi connectivity index (χ3v) is 9.51. The van der Waals surface area contributed by atoms with Crippen LogP contribution in [0.5, 0.6) is 0 Å². The molecular weight excluding hydrogens is 351 g/mol. The van der Waals surface area contributed by atoms with Crippen molar-refractivity contribution in [3.63, 3.8) is 0 Å². The van der Waals surface area contributed by atoms with Crippen LogP contribution in [-0.4, -0.2) is 14.5 Å². The number of halogens is 1. The average Bonchev–Trinajstić information content (AvgIpc) is 3.16. The van der Waals surface area contributed by atoms with Gasteiger partial charge >= 0.3 is 5.97 Å². The fourth-order valence-electron chi connectivity index (χ4n) is 4.71. The highest BCUT2D eigenvalue weighted by molar-refractivity contribution is 14.1. The Morgan fingerprint density at radius 1 is 1.32 bits per heavy atom. The van der Waals surface area contributed by atoms with Crippen LogP contribution >= 0.6 is 22.6 Å². The molecule has 19 heavy (non-hydrogen) atoms. The van der Waals surface area contributed by atoms with Gasteiger partial charge in [0.15, 0.2) is 0 Å². The minimum atomic E-state index is -0.607. The van der Waals surface area contributed by atoms with Gasteiger partial charge in [-0.05, 0) is 54.3 Å². The fraction of sp³-hybridized carbons (Fsp3) is 0.938. The largest absolute Gasteiger partial charge is 0.481 e. The first kappa shape index (κ1) is 14.2. The Hall–Kier alpha value is 0.200. The Morgan fingerprint density at radius 2 is 1.89 bits per heavy atom. The standard InChI is InChI=1S/C16H25IO2/c1-10(12(18)19)15(5-6-15)9-16(17)8-11-7-14(11,4)13(16,2)3/h10-11H,5-9H2,1-4H3,(H,18,19). The summed E-state index contributed by atoms with van der Waals surface area (Å²) in [6.07, 6.45) is 6.01. The van der Waals surface area contributed by atoms with Crippen LogP contribution in [0.3, 0.4) is 0 Å². The number of hydrogen-bond acceptors (Lipinski definition) is 1. The van der Waals surface area contributed by atoms with E-state index in [1.807, 2.05) is 6.92 Å². The van der Waals surface area contributed by atoms with Crippen molar-refractivity contribution in [2.75, 3.05) is 0 Å². The highest BCUT2D eigenvalue weighted by Gasteiger charge is 2.74. The van der Waals surface area contributed by atoms with Crippen LogP contribution in [0.25, 0.3) is 0 Å². The van der Waals surface area contributed by atoms with Gasteiger partial charge in [-0.3, -0.25) is 4.79 Å². The molecule has 0 amide bonds. The van der Waals surface area contributed by atoms with Crippen molar-refractivity contribution in [1.82, 2.24) is 0 Å². The number of hydrogen-bond donors (Lipinski definition) is 1. The Kier molecular flexibility index (Phi) is 2.75. The molecule has 3 aliphatic rings. The molecule has 0 radical (unpaired) electrons. The molecular formula is C16H25IO2. The lowest BCUT2D eigenvalue weighted by molar-refractivity contribution is -0.143. The number of fused-ring (bicyclic) bond motifs is 1. The molecule has 4 atom stereocenters. The maximum atomic E-state index is 11.4. The van der Waals surface area contributed by atoms with Crippen molar-refractivity contribution in [2.24, 2.45) is 28.1 Å². The summed E-state index contributed by atoms with van der Waals surface area (Å²) in [5.41, 5.74) is 0.938. The summed E-state index contributed by atoms with van der Waals surface area (Å²) in [6, 6.07) is 0. The highest BCUT2D eigenvalue weighted by atomic mass is 127. The van der Waals surface area contributed by atoms with Crippen LogP contribution in [0, 0.1) is 28.1 Å². The van der Waals surface area contributed by atoms with E-state index < -0.39 is 5.97 Å². The molecule has 0 heterocycles. The lowest BCUT2D eigenvalue weighted by Crippen LogP contribution is -2.43. The van der Waals surface area contributed by atoms with Gasteiger partial charge in [0.2, 0.25) is 0 Å². The maximum absolute atomic E-state index is 11.4. The van der Waals surface area contributed by atoms with Crippen molar-refractivity contribution in [3.05, 3.63) is 0 Å². The molecule has 4 unspecified atom stereocenters. The summed E-state index contributed by atoms with van der Waals surface area (Å²) < 4.78 is 0.294. The molecule has 1 N–H and O–H groups in total. The van der Waals surface area contributed by atoms with Crippen LogP contribution in [0.15, 0.2) is 0 Å². The Morgan fingerprint density at radius 3 is 2.26 bits per heavy atom. The lowest BCUT2D eigenvalue weighted by atomic mass is 9.66. The SMILES string of the molecule is CC(C(=O)O)C1(CC2(I)CC3CC3(C)C2(C)C)CC1. The summed E-state index contributed by atoms with van der Waals surface area (Å²) in [5, 5.41) is 9.35. The van der Waals surface area contributed by atoms with Gasteiger partial charge in [-0.1, -0.05) is 50.3 Å². The van der Waals surface area contributed by atoms with Crippen molar-refractivity contribution in [1.29, 1.82) is 0 Å². The molecule has 0 aliphatic heterocycles. The van der Waals surface area contributed by atoms with Crippen molar-refractivity contribution in [3.8, 4) is 0 Å². The van der Waals surface area contributed by atoms with Gasteiger partial charge in [0.1, 0.15) is 0 Å². The van der Waals surface area contributed by atoms with Crippen LogP contribution < -0.4 is 0 Å². The van der Waals surface area contributed by atoms with E-state index in [9.17, 15) is 9.90 Å². The first-order valence-corrected chi connectivity index (χ1v) is 8.58. The average molecular weight is 376 g/mol. The van der Waals surface area contributed by atoms with E-state index in [1.165, 1.54) is 12.8 Å². The Labute approximate surface area is 129 Å². The fourth-order valence-corrected chi connectivity index (χ4v) is 6.62. The predicted octanol–water partition coefficient (Wildman–Crippen LogP) is 4.51. The topological polar surface area (TPSA) is 37.3 Å². The van der Waals surface area contributed by atoms with Crippen LogP contribution in [0.1, 0.15) is 59.8 Å². The number of carboxylic acid groups (broad SMARTS) is 1. The second-order valence-electron chi connectivity index (χ2n) is 8.21. The molecule has 3 fully saturated rings. The van der Waals surface area contributed by atoms with E-state index in [1.54, 1.807) is 0 Å². The molecule has 108 valence electrons. The molecule has 2 nitrogen and oxygen atoms in total. The number of aliphatic carboxylic acids is 1. The molecule has 3 aliphatic carbocycles. The monoisotopic (exact) mass is 376 g/mol. The van der Waals surface area contributed by atoms with Gasteiger partial charge in [-0.2, -0.15) is 0 Å². The van der Waals surface area contributed by atoms with Crippen molar-refractivity contribution >= 4 is 28.6 Å². The summed E-state index contributed by atoms with van der Waals surface area (Å²) in [6.45, 7) is 9.21. The van der Waals surface area contributed by atoms with Gasteiger partial charge in [-0.15, -0.1) is 0 Å². The van der Waals surface area contributed by atoms with Gasteiger partial charge in [0.05, 0.1) is 5.92 Å². The van der Waals surface area contributed by atoms with E-state index in [-0.39, 0.29) is 11.3 Å². The zero-order valence-corrected chi connectivity index (χ0v) is 14.6. The number of carboxylic acids is 1. The number of carbonyl (C=O) groups is 1. The minimum absolute atomic E-state index is 0.0947. The summed E-state index contributed by atoms with van der Waals surface area (Å²) >= 11 is 2.69. The zero-order valence-electron chi connectivity index (χ0n) is 12.4. The molecule has 0 aromatic rings. The van der Waals surface area contributed by atoms with Gasteiger partial charge in [0.25, 0.3) is 0 Å². The maximum Gasteiger partial charge on any atom is 0.306 e. The second kappa shape index (κ2) is 3.69. The quantitative estimate of drug-likeness (QED) is 0.579. The van der Waals surface area contributed by atoms with E-state index in [0.717, 1.165) is 25.2 Å². The second-order valence-corrected chi connectivity index (χ2v) is 10.3. The minimum Gasteiger partial charge on any atom is -0.481 e. The molecule has 3 saturated carbocycles. The molecule has 0 aromatic carbocycles. The van der Waals surface area contributed by atoms with Gasteiger partial charge in [0, 0.05) is 3.42 Å². The van der Waals surface area contributed by atoms with E-state index >= 15 is 0 Å². The lowest BCUT2D eigenvalue weighted by Gasteiger charge is -2.45. The normalized spacial score (nSPS) is 46.5. The third-order valence-electron chi connectivity index (χ3n) is 7.34. The number of rotatable bonds is 4. The van der Waals surface area contributed by atoms with Crippen molar-refractivity contribution < 1.29 is 9.90 Å². The third kappa shape index (κ3) is 1.69. The first-order valence-electron chi connectivity index (χ1n) is 7.50. The van der Waals surface area contributed by atoms with Crippen LogP contribution in [0.2, 0.25) is 0 Å². The number of alkyl halides is 1. The van der Waals surface area contributed by atoms with Gasteiger partial charge < -0.3 is 5.11 Å². The molecule has 0 spiro atoms. The molecule has 3 heteroatoms. The summed E-state index contributed by atoms with van der Waals surface area (Å²) in [4.78, 5) is 11.4. The zero-order chi connectivity index (χ0) is 14.3. The predicted molar refractivity (Wildman–Crippen MR) is 84.4 cm³/mol. The summed E-state index contributed by atoms with van der Waals surface area (Å²) in [5.74, 6) is 0.0969. The Bertz CT molecular complexity index is 440. The highest BCUT2D eigenvalue weighted by Crippen LogP contribution is 2.80. The molecule has 0 saturated heterocycles. The first-order chi connectivity index (χ1) is 8.58. The van der Waals surface area contributed by atoms with Gasteiger partial charge in [-0.25, -0.2) is 0 Å². The molecule has 0 aromatic heterocycles. The smallest absolute Gasteiger partial charge is 0.306 e. The van der Waals surface area contributed by atoms with E-state index in [4.69, 9.17) is 0 Å². The molecule has 0 bridgehead atoms. The van der Waals surface area contributed by atoms with E-state index in [0.29, 0.717) is 14.3 Å². The molecule has 3 rings (SSSR count). The van der Waals surface area contributed by atoms with Crippen molar-refractivity contribution in [2.45, 2.75) is 63.2 Å².